The molecule has 8 aliphatic rings. The third kappa shape index (κ3) is 18.3. The molecule has 30 heteroatoms. The number of aromatic nitrogens is 8. The molecule has 0 radical (unpaired) electrons. The van der Waals surface area contributed by atoms with Crippen LogP contribution in [0.2, 0.25) is 0 Å². The number of hydrogen-bond acceptors (Lipinski definition) is 24. The number of rotatable bonds is 24. The van der Waals surface area contributed by atoms with Crippen LogP contribution >= 0.6 is 0 Å². The van der Waals surface area contributed by atoms with Gasteiger partial charge in [0.15, 0.2) is 0 Å². The van der Waals surface area contributed by atoms with Gasteiger partial charge in [0.05, 0.1) is 64.0 Å². The molecule has 4 atom stereocenters. The van der Waals surface area contributed by atoms with Crippen molar-refractivity contribution in [3.05, 3.63) is 224 Å². The number of nitrogens with zero attached hydrogens (tertiary/aromatic N) is 14. The molecular weight excluding hydrogens is 1700 g/mol. The predicted molar refractivity (Wildman–Crippen MR) is 499 cm³/mol. The van der Waals surface area contributed by atoms with Crippen molar-refractivity contribution < 1.29 is 76.6 Å². The van der Waals surface area contributed by atoms with Gasteiger partial charge in [-0.05, 0) is 237 Å². The van der Waals surface area contributed by atoms with Gasteiger partial charge in [0.1, 0.15) is 23.0 Å². The molecule has 134 heavy (non-hydrogen) atoms. The zero-order valence-corrected chi connectivity index (χ0v) is 77.1. The number of carbonyl (C=O) groups excluding carboxylic acids is 4. The van der Waals surface area contributed by atoms with Crippen molar-refractivity contribution in [3.8, 4) is 114 Å². The first-order valence-electron chi connectivity index (χ1n) is 46.0. The Kier molecular flexibility index (Phi) is 26.4. The topological polar surface area (TPSA) is 363 Å². The van der Waals surface area contributed by atoms with E-state index in [0.29, 0.717) is 147 Å². The Balaban J connectivity index is 0.000000124. The van der Waals surface area contributed by atoms with Crippen LogP contribution in [-0.2, 0) is 66.5 Å². The standard InChI is InChI=1S/2C26H26N4O4.2C26H29N3O4/c2*1-16(2)33-17-7-8-20(22(13-17)27-3)25-28-24(29-34-25)19-5-4-6-21-18(19)9-10-26(21)14-23(32)30(15-26)11-12-31;2*1-16(2)32-22-8-7-18(13-17(22)3)25-27-24(28-33-25)20-5-4-6-21-19(20)9-10-26(21)14-23(31)29(15-26)11-12-30/h2*4-8,13,16,31H,9-12,14-15H2,1-2H3;2*4-8,13,16,30H,9-12,14-15H2,1-3H3/t4*26-/m1010/s1. The van der Waals surface area contributed by atoms with Crippen LogP contribution in [-0.4, -0.2) is 207 Å². The first-order chi connectivity index (χ1) is 64.7. The Labute approximate surface area is 777 Å². The summed E-state index contributed by atoms with van der Waals surface area (Å²) in [6.07, 6.45) is 9.09. The van der Waals surface area contributed by atoms with Crippen LogP contribution in [0.3, 0.4) is 0 Å². The Morgan fingerprint density at radius 1 is 0.358 bits per heavy atom. The van der Waals surface area contributed by atoms with Crippen molar-refractivity contribution in [1.82, 2.24) is 60.2 Å². The van der Waals surface area contributed by atoms with Gasteiger partial charge in [-0.3, -0.25) is 19.2 Å². The molecule has 4 spiro atoms. The lowest BCUT2D eigenvalue weighted by atomic mass is 9.80. The van der Waals surface area contributed by atoms with E-state index < -0.39 is 0 Å². The highest BCUT2D eigenvalue weighted by molar-refractivity contribution is 5.86. The number of amides is 4. The molecule has 0 saturated carbocycles. The number of likely N-dealkylation sites (tertiary alicyclic amines) is 4. The van der Waals surface area contributed by atoms with Crippen molar-refractivity contribution in [3.63, 3.8) is 0 Å². The number of aryl methyl sites for hydroxylation is 2. The average molecular weight is 1810 g/mol. The maximum absolute atomic E-state index is 12.5. The van der Waals surface area contributed by atoms with Crippen molar-refractivity contribution >= 4 is 35.0 Å². The fourth-order valence-electron chi connectivity index (χ4n) is 21.0. The molecule has 4 amide bonds. The predicted octanol–water partition coefficient (Wildman–Crippen LogP) is 16.1. The van der Waals surface area contributed by atoms with Gasteiger partial charge in [0.2, 0.25) is 70.1 Å². The number of hydrogen-bond donors (Lipinski definition) is 4. The number of aliphatic hydroxyl groups is 4. The summed E-state index contributed by atoms with van der Waals surface area (Å²) in [6.45, 7) is 38.9. The summed E-state index contributed by atoms with van der Waals surface area (Å²) in [5.41, 5.74) is 17.9. The number of fused-ring (bicyclic) bond motifs is 8. The van der Waals surface area contributed by atoms with Gasteiger partial charge in [0.25, 0.3) is 11.8 Å². The molecule has 0 bridgehead atoms. The molecular formula is C104H110N14O16. The van der Waals surface area contributed by atoms with Crippen LogP contribution in [0.4, 0.5) is 11.4 Å². The van der Waals surface area contributed by atoms with Crippen LogP contribution in [0.15, 0.2) is 164 Å². The van der Waals surface area contributed by atoms with Gasteiger partial charge in [-0.2, -0.15) is 19.9 Å². The number of aliphatic hydroxyl groups excluding tert-OH is 4. The summed E-state index contributed by atoms with van der Waals surface area (Å²) in [5.74, 6) is 6.93. The van der Waals surface area contributed by atoms with Gasteiger partial charge >= 0.3 is 0 Å². The summed E-state index contributed by atoms with van der Waals surface area (Å²) in [5, 5.41) is 54.3. The highest BCUT2D eigenvalue weighted by Gasteiger charge is 2.53. The Morgan fingerprint density at radius 3 is 0.896 bits per heavy atom. The molecule has 30 nitrogen and oxygen atoms in total. The smallest absolute Gasteiger partial charge is 0.258 e. The summed E-state index contributed by atoms with van der Waals surface area (Å²) in [6, 6.07) is 46.7. The van der Waals surface area contributed by atoms with Crippen molar-refractivity contribution in [1.29, 1.82) is 0 Å². The minimum Gasteiger partial charge on any atom is -0.492 e. The summed E-state index contributed by atoms with van der Waals surface area (Å²) >= 11 is 0. The Morgan fingerprint density at radius 2 is 0.634 bits per heavy atom. The fraction of sp³-hybridized carbons (Fsp3) is 0.404. The molecule has 4 fully saturated rings. The normalized spacial score (nSPS) is 19.4. The van der Waals surface area contributed by atoms with Gasteiger partial charge < -0.3 is 77.1 Å². The number of carbonyl (C=O) groups is 4. The van der Waals surface area contributed by atoms with Crippen LogP contribution in [0.5, 0.6) is 23.0 Å². The monoisotopic (exact) mass is 1810 g/mol. The molecule has 8 aromatic carbocycles. The Bertz CT molecular complexity index is 6150. The van der Waals surface area contributed by atoms with Gasteiger partial charge in [-0.25, -0.2) is 9.69 Å². The molecule has 20 rings (SSSR count). The number of β-amino-alcohol motifs (C(OH)–C–C–N with tert-alkyl or cyclic N) is 4. The van der Waals surface area contributed by atoms with Crippen molar-refractivity contribution in [2.45, 2.75) is 192 Å². The van der Waals surface area contributed by atoms with Crippen molar-refractivity contribution in [2.75, 3.05) is 78.8 Å². The second-order valence-electron chi connectivity index (χ2n) is 37.2. The summed E-state index contributed by atoms with van der Waals surface area (Å²) in [4.78, 5) is 83.1. The SMILES string of the molecule is Cc1cc(-c2nc(-c3cccc4c3CC[C@@]43CC(=O)N(CCO)C3)no2)ccc1OC(C)C.Cc1cc(-c2nc(-c3cccc4c3CC[C@]43CC(=O)N(CCO)C3)no2)ccc1OC(C)C.[C-]#[N+]c1cc(OC(C)C)ccc1-c1nc(-c2cccc3c2CC[C@@]32CC(=O)N(CCO)C2)no1.[C-]#[N+]c1cc(OC(C)C)ccc1-c1nc(-c2cccc3c2CC[C@]32CC(=O)N(CCO)C2)no1. The Hall–Kier alpha value is -13.8. The second kappa shape index (κ2) is 38.4. The third-order valence-corrected chi connectivity index (χ3v) is 26.8. The first-order valence-corrected chi connectivity index (χ1v) is 46.0. The van der Waals surface area contributed by atoms with E-state index in [4.69, 9.17) is 60.2 Å². The minimum atomic E-state index is -0.228. The lowest BCUT2D eigenvalue weighted by Crippen LogP contribution is -2.32. The first kappa shape index (κ1) is 92.1. The van der Waals surface area contributed by atoms with Crippen LogP contribution < -0.4 is 18.9 Å². The second-order valence-corrected chi connectivity index (χ2v) is 37.2. The van der Waals surface area contributed by atoms with E-state index in [1.54, 1.807) is 56.0 Å². The molecule has 12 aromatic rings. The average Bonchev–Trinajstić information content (AvgIpc) is 1.59. The van der Waals surface area contributed by atoms with E-state index in [-0.39, 0.29) is 108 Å². The highest BCUT2D eigenvalue weighted by Crippen LogP contribution is 2.54. The molecule has 692 valence electrons. The zero-order chi connectivity index (χ0) is 94.1. The van der Waals surface area contributed by atoms with Crippen molar-refractivity contribution in [2.24, 2.45) is 0 Å². The van der Waals surface area contributed by atoms with E-state index in [1.165, 1.54) is 22.3 Å². The molecule has 4 aliphatic heterocycles. The van der Waals surface area contributed by atoms with Gasteiger partial charge in [-0.1, -0.05) is 106 Å². The fourth-order valence-corrected chi connectivity index (χ4v) is 21.0. The molecule has 4 N–H and O–H groups in total. The third-order valence-electron chi connectivity index (χ3n) is 26.8. The molecule has 4 saturated heterocycles. The van der Waals surface area contributed by atoms with Crippen LogP contribution in [0.25, 0.3) is 101 Å². The quantitative estimate of drug-likeness (QED) is 0.0408. The molecule has 4 aliphatic carbocycles. The largest absolute Gasteiger partial charge is 0.492 e. The maximum atomic E-state index is 12.5. The van der Waals surface area contributed by atoms with E-state index in [1.807, 2.05) is 154 Å². The molecule has 0 unspecified atom stereocenters. The summed E-state index contributed by atoms with van der Waals surface area (Å²) in [7, 11) is 0. The molecule has 4 aromatic heterocycles. The molecule has 8 heterocycles. The van der Waals surface area contributed by atoms with Gasteiger partial charge in [0, 0.05) is 144 Å². The van der Waals surface area contributed by atoms with Gasteiger partial charge in [-0.15, -0.1) is 0 Å². The zero-order valence-electron chi connectivity index (χ0n) is 77.1. The summed E-state index contributed by atoms with van der Waals surface area (Å²) < 4.78 is 45.5. The number of benzene rings is 8. The lowest BCUT2D eigenvalue weighted by Gasteiger charge is -2.24. The highest BCUT2D eigenvalue weighted by atomic mass is 16.5. The van der Waals surface area contributed by atoms with E-state index in [9.17, 15) is 39.6 Å². The lowest BCUT2D eigenvalue weighted by molar-refractivity contribution is -0.128. The minimum absolute atomic E-state index is 0.00814. The van der Waals surface area contributed by atoms with E-state index >= 15 is 0 Å². The van der Waals surface area contributed by atoms with Crippen LogP contribution in [0.1, 0.15) is 162 Å². The van der Waals surface area contributed by atoms with E-state index in [0.717, 1.165) is 130 Å². The van der Waals surface area contributed by atoms with Crippen LogP contribution in [0, 0.1) is 27.0 Å². The maximum Gasteiger partial charge on any atom is 0.258 e. The number of ether oxygens (including phenoxy) is 4. The van der Waals surface area contributed by atoms with E-state index in [2.05, 4.69) is 64.6 Å².